The Labute approximate surface area is 253 Å². The molecule has 0 bridgehead atoms. The minimum atomic E-state index is -2.57. The van der Waals surface area contributed by atoms with E-state index in [9.17, 15) is 9.59 Å². The quantitative estimate of drug-likeness (QED) is 0.145. The molecular formula is C36H21NO2SSeSi. The van der Waals surface area contributed by atoms with Crippen LogP contribution in [0.4, 0.5) is 15.9 Å². The monoisotopic (exact) mass is 639 g/mol. The van der Waals surface area contributed by atoms with E-state index in [1.54, 1.807) is 10.8 Å². The number of hydrogen-bond acceptors (Lipinski definition) is 4. The van der Waals surface area contributed by atoms with E-state index in [1.165, 1.54) is 59.1 Å². The molecule has 1 spiro atoms. The number of nitrogens with zero attached hydrogens (tertiary/aromatic N) is 1. The number of benzene rings is 4. The van der Waals surface area contributed by atoms with Crippen LogP contribution in [0.15, 0.2) is 126 Å². The molecule has 4 heterocycles. The SMILES string of the molecule is O=C1C(=Cc2ccc(N3c4ccccc4[Si]4(c5ccccc5-c5ccccc54)c4ccccc43)[se]2)C(=O)c2cscc21. The number of thiophene rings is 1. The van der Waals surface area contributed by atoms with Gasteiger partial charge in [0.1, 0.15) is 0 Å². The fourth-order valence-electron chi connectivity index (χ4n) is 7.15. The van der Waals surface area contributed by atoms with E-state index in [4.69, 9.17) is 0 Å². The maximum atomic E-state index is 13.0. The predicted octanol–water partition coefficient (Wildman–Crippen LogP) is 5.41. The van der Waals surface area contributed by atoms with Crippen LogP contribution in [0.25, 0.3) is 17.2 Å². The Hall–Kier alpha value is -4.32. The zero-order valence-electron chi connectivity index (χ0n) is 22.2. The van der Waals surface area contributed by atoms with Gasteiger partial charge in [-0.3, -0.25) is 0 Å². The van der Waals surface area contributed by atoms with Gasteiger partial charge in [-0.1, -0.05) is 0 Å². The fraction of sp³-hybridized carbons (Fsp3) is 0. The third-order valence-corrected chi connectivity index (χ3v) is 16.6. The van der Waals surface area contributed by atoms with Gasteiger partial charge in [0.25, 0.3) is 0 Å². The summed E-state index contributed by atoms with van der Waals surface area (Å²) in [4.78, 5) is 28.4. The van der Waals surface area contributed by atoms with Gasteiger partial charge in [-0.15, -0.1) is 0 Å². The molecule has 0 N–H and O–H groups in total. The van der Waals surface area contributed by atoms with E-state index >= 15 is 0 Å². The fourth-order valence-corrected chi connectivity index (χ4v) is 15.5. The molecule has 2 aliphatic heterocycles. The number of ketones is 2. The van der Waals surface area contributed by atoms with Crippen molar-refractivity contribution in [1.29, 1.82) is 0 Å². The molecule has 0 amide bonds. The van der Waals surface area contributed by atoms with Gasteiger partial charge in [-0.05, 0) is 0 Å². The molecule has 0 unspecified atom stereocenters. The number of allylic oxidation sites excluding steroid dienone is 1. The average Bonchev–Trinajstić information content (AvgIpc) is 3.81. The number of para-hydroxylation sites is 2. The number of fused-ring (bicyclic) bond motifs is 10. The molecule has 1 aliphatic carbocycles. The van der Waals surface area contributed by atoms with Crippen molar-refractivity contribution in [3.8, 4) is 11.1 Å². The van der Waals surface area contributed by atoms with Crippen LogP contribution in [0.5, 0.6) is 0 Å². The number of hydrogen-bond donors (Lipinski definition) is 0. The molecule has 6 heteroatoms. The first-order valence-corrected chi connectivity index (χ1v) is 18.5. The third kappa shape index (κ3) is 3.05. The topological polar surface area (TPSA) is 37.4 Å². The Morgan fingerprint density at radius 1 is 0.571 bits per heavy atom. The summed E-state index contributed by atoms with van der Waals surface area (Å²) in [6.07, 6.45) is 1.83. The van der Waals surface area contributed by atoms with Gasteiger partial charge in [0.05, 0.1) is 0 Å². The summed E-state index contributed by atoms with van der Waals surface area (Å²) in [6.45, 7) is 0. The van der Waals surface area contributed by atoms with E-state index in [0.717, 1.165) is 4.44 Å². The Morgan fingerprint density at radius 2 is 1.07 bits per heavy atom. The summed E-state index contributed by atoms with van der Waals surface area (Å²) < 4.78 is 2.23. The Kier molecular flexibility index (Phi) is 5.11. The molecule has 0 saturated heterocycles. The summed E-state index contributed by atoms with van der Waals surface area (Å²) >= 11 is 1.32. The van der Waals surface area contributed by atoms with Crippen molar-refractivity contribution in [2.24, 2.45) is 0 Å². The molecule has 4 aromatic carbocycles. The normalized spacial score (nSPS) is 15.3. The van der Waals surface area contributed by atoms with Crippen LogP contribution in [0.3, 0.4) is 0 Å². The van der Waals surface area contributed by atoms with Crippen molar-refractivity contribution >= 4 is 88.2 Å². The van der Waals surface area contributed by atoms with Crippen molar-refractivity contribution in [3.05, 3.63) is 141 Å². The molecule has 0 atom stereocenters. The van der Waals surface area contributed by atoms with Crippen LogP contribution in [-0.2, 0) is 0 Å². The predicted molar refractivity (Wildman–Crippen MR) is 175 cm³/mol. The molecule has 3 aliphatic rings. The van der Waals surface area contributed by atoms with Crippen LogP contribution in [0.1, 0.15) is 25.2 Å². The third-order valence-electron chi connectivity index (χ3n) is 8.81. The van der Waals surface area contributed by atoms with Gasteiger partial charge in [-0.25, -0.2) is 0 Å². The number of carbonyl (C=O) groups excluding carboxylic acids is 2. The molecule has 0 fully saturated rings. The Morgan fingerprint density at radius 3 is 1.64 bits per heavy atom. The van der Waals surface area contributed by atoms with E-state index in [0.29, 0.717) is 16.7 Å². The van der Waals surface area contributed by atoms with Crippen LogP contribution < -0.4 is 25.6 Å². The second-order valence-corrected chi connectivity index (χ2v) is 17.5. The standard InChI is InChI=1S/C36H21NO2SSeSi/c38-35-25(36(39)27-21-40-20-26(27)35)19-22-17-18-34(41-22)37-28-11-3-7-15-32(28)42(33-16-8-4-12-29(33)37)30-13-5-1-9-23(30)24-10-2-6-14-31(24)42/h1-21H. The molecule has 42 heavy (non-hydrogen) atoms. The summed E-state index contributed by atoms with van der Waals surface area (Å²) in [5.41, 5.74) is 6.51. The number of Topliss-reactive ketones (excluding diaryl/α,β-unsaturated/α-hetero) is 2. The van der Waals surface area contributed by atoms with Crippen LogP contribution >= 0.6 is 11.3 Å². The second-order valence-electron chi connectivity index (χ2n) is 10.8. The molecule has 2 aromatic heterocycles. The van der Waals surface area contributed by atoms with Crippen molar-refractivity contribution < 1.29 is 9.59 Å². The number of carbonyl (C=O) groups is 2. The van der Waals surface area contributed by atoms with Crippen molar-refractivity contribution in [1.82, 2.24) is 0 Å². The van der Waals surface area contributed by atoms with Crippen LogP contribution in [0.2, 0.25) is 0 Å². The second kappa shape index (κ2) is 8.84. The molecule has 0 saturated carbocycles. The molecule has 0 radical (unpaired) electrons. The van der Waals surface area contributed by atoms with Crippen molar-refractivity contribution in [2.45, 2.75) is 0 Å². The van der Waals surface area contributed by atoms with Crippen LogP contribution in [0, 0.1) is 0 Å². The summed E-state index contributed by atoms with van der Waals surface area (Å²) in [5.74, 6) is -0.303. The zero-order chi connectivity index (χ0) is 28.0. The van der Waals surface area contributed by atoms with E-state index < -0.39 is 8.07 Å². The maximum absolute atomic E-state index is 13.0. The average molecular weight is 639 g/mol. The minimum absolute atomic E-state index is 0.0828. The Balaban J connectivity index is 1.25. The molecule has 3 nitrogen and oxygen atoms in total. The number of rotatable bonds is 2. The first-order chi connectivity index (χ1) is 20.7. The summed E-state index contributed by atoms with van der Waals surface area (Å²) in [6, 6.07) is 40.1. The van der Waals surface area contributed by atoms with Gasteiger partial charge >= 0.3 is 255 Å². The Bertz CT molecular complexity index is 2040. The van der Waals surface area contributed by atoms with Crippen LogP contribution in [-0.4, -0.2) is 34.1 Å². The summed E-state index contributed by atoms with van der Waals surface area (Å²) in [7, 11) is -2.57. The summed E-state index contributed by atoms with van der Waals surface area (Å²) in [5, 5.41) is 9.27. The van der Waals surface area contributed by atoms with Gasteiger partial charge in [0, 0.05) is 0 Å². The number of anilines is 3. The molecule has 198 valence electrons. The first-order valence-electron chi connectivity index (χ1n) is 13.8. The van der Waals surface area contributed by atoms with E-state index in [2.05, 4.69) is 114 Å². The van der Waals surface area contributed by atoms with Gasteiger partial charge in [0.15, 0.2) is 0 Å². The van der Waals surface area contributed by atoms with Gasteiger partial charge in [0.2, 0.25) is 0 Å². The van der Waals surface area contributed by atoms with Crippen molar-refractivity contribution in [3.63, 3.8) is 0 Å². The van der Waals surface area contributed by atoms with E-state index in [-0.39, 0.29) is 26.1 Å². The van der Waals surface area contributed by atoms with Crippen molar-refractivity contribution in [2.75, 3.05) is 4.90 Å². The zero-order valence-corrected chi connectivity index (χ0v) is 25.7. The first kappa shape index (κ1) is 24.3. The van der Waals surface area contributed by atoms with Gasteiger partial charge in [-0.2, -0.15) is 0 Å². The molecule has 9 rings (SSSR count). The van der Waals surface area contributed by atoms with Gasteiger partial charge < -0.3 is 0 Å². The van der Waals surface area contributed by atoms with E-state index in [1.807, 2.05) is 6.08 Å². The molecular weight excluding hydrogens is 618 g/mol. The molecule has 6 aromatic rings.